The number of aromatic nitrogens is 1. The fourth-order valence-electron chi connectivity index (χ4n) is 3.27. The zero-order valence-corrected chi connectivity index (χ0v) is 21.8. The zero-order chi connectivity index (χ0) is 27.4. The van der Waals surface area contributed by atoms with Gasteiger partial charge in [0, 0.05) is 23.7 Å². The lowest BCUT2D eigenvalue weighted by atomic mass is 10.1. The van der Waals surface area contributed by atoms with Gasteiger partial charge in [0.15, 0.2) is 0 Å². The minimum atomic E-state index is -4.66. The summed E-state index contributed by atoms with van der Waals surface area (Å²) in [4.78, 5) is 14.8. The third-order valence-electron chi connectivity index (χ3n) is 4.99. The molecule has 0 bridgehead atoms. The van der Waals surface area contributed by atoms with Crippen molar-refractivity contribution in [2.24, 2.45) is 5.92 Å². The van der Waals surface area contributed by atoms with E-state index >= 15 is 0 Å². The molecule has 3 aromatic rings. The maximum atomic E-state index is 13.5. The summed E-state index contributed by atoms with van der Waals surface area (Å²) >= 11 is 0.933. The predicted molar refractivity (Wildman–Crippen MR) is 135 cm³/mol. The Morgan fingerprint density at radius 1 is 1.19 bits per heavy atom. The number of carboxylic acids is 1. The molecule has 0 aliphatic carbocycles. The molecule has 37 heavy (non-hydrogen) atoms. The molecule has 3 rings (SSSR count). The van der Waals surface area contributed by atoms with E-state index in [-0.39, 0.29) is 34.8 Å². The van der Waals surface area contributed by atoms with Crippen LogP contribution in [0.15, 0.2) is 58.3 Å². The van der Waals surface area contributed by atoms with Crippen molar-refractivity contribution in [1.29, 1.82) is 0 Å². The number of hydrogen-bond acceptors (Lipinski definition) is 6. The van der Waals surface area contributed by atoms with Crippen LogP contribution in [0.3, 0.4) is 0 Å². The van der Waals surface area contributed by atoms with Crippen LogP contribution in [0.5, 0.6) is 5.75 Å². The van der Waals surface area contributed by atoms with Crippen LogP contribution in [0.4, 0.5) is 18.9 Å². The number of ether oxygens (including phenoxy) is 1. The first kappa shape index (κ1) is 28.2. The van der Waals surface area contributed by atoms with Crippen LogP contribution >= 0.6 is 11.3 Å². The van der Waals surface area contributed by atoms with Crippen molar-refractivity contribution in [3.05, 3.63) is 76.3 Å². The van der Waals surface area contributed by atoms with E-state index in [1.165, 1.54) is 6.08 Å². The molecule has 0 saturated heterocycles. The summed E-state index contributed by atoms with van der Waals surface area (Å²) in [7, 11) is -4.18. The van der Waals surface area contributed by atoms with E-state index in [4.69, 9.17) is 9.84 Å². The van der Waals surface area contributed by atoms with Gasteiger partial charge in [-0.25, -0.2) is 9.78 Å². The van der Waals surface area contributed by atoms with Gasteiger partial charge in [0.25, 0.3) is 10.0 Å². The van der Waals surface area contributed by atoms with Crippen molar-refractivity contribution < 1.29 is 36.2 Å². The van der Waals surface area contributed by atoms with Gasteiger partial charge >= 0.3 is 12.1 Å². The molecular formula is C25H25F3N2O5S2. The van der Waals surface area contributed by atoms with Gasteiger partial charge in [-0.3, -0.25) is 4.31 Å². The third kappa shape index (κ3) is 7.32. The number of aryl methyl sites for hydroxylation is 1. The number of carbonyl (C=O) groups is 1. The average Bonchev–Trinajstić information content (AvgIpc) is 3.27. The smallest absolute Gasteiger partial charge is 0.416 e. The molecule has 198 valence electrons. The van der Waals surface area contributed by atoms with E-state index in [1.54, 1.807) is 50.4 Å². The minimum absolute atomic E-state index is 0.00665. The summed E-state index contributed by atoms with van der Waals surface area (Å²) in [5, 5.41) is 10.3. The normalized spacial score (nSPS) is 12.3. The number of halogens is 3. The fraction of sp³-hybridized carbons (Fsp3) is 0.280. The second kappa shape index (κ2) is 11.3. The van der Waals surface area contributed by atoms with Crippen molar-refractivity contribution in [2.75, 3.05) is 10.8 Å². The van der Waals surface area contributed by atoms with Crippen molar-refractivity contribution in [2.45, 2.75) is 37.9 Å². The highest BCUT2D eigenvalue weighted by atomic mass is 32.2. The van der Waals surface area contributed by atoms with E-state index in [2.05, 4.69) is 4.98 Å². The number of aliphatic carboxylic acids is 1. The van der Waals surface area contributed by atoms with E-state index in [1.807, 2.05) is 0 Å². The molecular weight excluding hydrogens is 529 g/mol. The lowest BCUT2D eigenvalue weighted by Crippen LogP contribution is -2.34. The lowest BCUT2D eigenvalue weighted by molar-refractivity contribution is -0.137. The van der Waals surface area contributed by atoms with Crippen LogP contribution in [0.1, 0.15) is 36.2 Å². The number of rotatable bonds is 10. The number of alkyl halides is 3. The molecule has 0 fully saturated rings. The second-order valence-corrected chi connectivity index (χ2v) is 11.5. The molecule has 0 radical (unpaired) electrons. The Balaban J connectivity index is 2.01. The quantitative estimate of drug-likeness (QED) is 0.309. The monoisotopic (exact) mass is 554 g/mol. The average molecular weight is 555 g/mol. The SMILES string of the molecule is Cc1csc(S(=O)(=O)N(CC(C)C)c2ccc(C(F)(F)F)cc2OCc2ccc(C=CC(=O)O)cc2)n1. The molecule has 0 aliphatic heterocycles. The summed E-state index contributed by atoms with van der Waals surface area (Å²) in [6.45, 7) is 5.08. The molecule has 0 atom stereocenters. The number of hydrogen-bond donors (Lipinski definition) is 1. The van der Waals surface area contributed by atoms with Crippen molar-refractivity contribution >= 4 is 39.1 Å². The van der Waals surface area contributed by atoms with E-state index in [9.17, 15) is 26.4 Å². The highest BCUT2D eigenvalue weighted by Gasteiger charge is 2.35. The summed E-state index contributed by atoms with van der Waals surface area (Å²) in [6, 6.07) is 9.23. The van der Waals surface area contributed by atoms with Crippen molar-refractivity contribution in [1.82, 2.24) is 4.98 Å². The number of nitrogens with zero attached hydrogens (tertiary/aromatic N) is 2. The molecule has 12 heteroatoms. The van der Waals surface area contributed by atoms with Gasteiger partial charge in [0.1, 0.15) is 12.4 Å². The van der Waals surface area contributed by atoms with Gasteiger partial charge in [0.2, 0.25) is 4.34 Å². The van der Waals surface area contributed by atoms with E-state index in [0.29, 0.717) is 16.8 Å². The summed E-state index contributed by atoms with van der Waals surface area (Å²) < 4.78 is 74.1. The Kier molecular flexibility index (Phi) is 8.64. The molecule has 2 aromatic carbocycles. The summed E-state index contributed by atoms with van der Waals surface area (Å²) in [5.41, 5.74) is 0.699. The van der Waals surface area contributed by atoms with Crippen LogP contribution in [0.2, 0.25) is 0 Å². The predicted octanol–water partition coefficient (Wildman–Crippen LogP) is 6.00. The Hall–Kier alpha value is -3.38. The van der Waals surface area contributed by atoms with Crippen molar-refractivity contribution in [3.8, 4) is 5.75 Å². The molecule has 1 aromatic heterocycles. The van der Waals surface area contributed by atoms with E-state index < -0.39 is 27.7 Å². The Bertz CT molecular complexity index is 1380. The number of thiazole rings is 1. The largest absolute Gasteiger partial charge is 0.487 e. The fourth-order valence-corrected chi connectivity index (χ4v) is 6.04. The Morgan fingerprint density at radius 3 is 2.41 bits per heavy atom. The Morgan fingerprint density at radius 2 is 1.86 bits per heavy atom. The number of sulfonamides is 1. The van der Waals surface area contributed by atoms with Gasteiger partial charge in [-0.2, -0.15) is 21.6 Å². The van der Waals surface area contributed by atoms with Crippen LogP contribution in [0.25, 0.3) is 6.08 Å². The second-order valence-electron chi connectivity index (χ2n) is 8.57. The molecule has 0 spiro atoms. The molecule has 1 heterocycles. The van der Waals surface area contributed by atoms with Gasteiger partial charge < -0.3 is 9.84 Å². The molecule has 0 aliphatic rings. The Labute approximate surface area is 216 Å². The maximum Gasteiger partial charge on any atom is 0.416 e. The standard InChI is InChI=1S/C25H25F3N2O5S2/c1-16(2)13-30(37(33,34)24-29-17(3)15-36-24)21-10-9-20(25(26,27)28)12-22(21)35-14-19-6-4-18(5-7-19)8-11-23(31)32/h4-12,15-16H,13-14H2,1-3H3,(H,31,32). The number of anilines is 1. The van der Waals surface area contributed by atoms with Gasteiger partial charge in [-0.1, -0.05) is 38.1 Å². The first-order valence-corrected chi connectivity index (χ1v) is 13.4. The summed E-state index contributed by atoms with van der Waals surface area (Å²) in [5.74, 6) is -1.50. The van der Waals surface area contributed by atoms with Crippen molar-refractivity contribution in [3.63, 3.8) is 0 Å². The van der Waals surface area contributed by atoms with Gasteiger partial charge in [0.05, 0.1) is 11.3 Å². The highest BCUT2D eigenvalue weighted by Crippen LogP contribution is 2.39. The van der Waals surface area contributed by atoms with Gasteiger partial charge in [-0.15, -0.1) is 11.3 Å². The number of carboxylic acid groups (broad SMARTS) is 1. The third-order valence-corrected chi connectivity index (χ3v) is 8.12. The molecule has 7 nitrogen and oxygen atoms in total. The topological polar surface area (TPSA) is 96.8 Å². The molecule has 1 N–H and O–H groups in total. The van der Waals surface area contributed by atoms with Crippen LogP contribution in [-0.4, -0.2) is 31.0 Å². The molecule has 0 amide bonds. The van der Waals surface area contributed by atoms with Crippen LogP contribution in [-0.2, 0) is 27.6 Å². The maximum absolute atomic E-state index is 13.5. The van der Waals surface area contributed by atoms with Crippen LogP contribution in [0, 0.1) is 12.8 Å². The lowest BCUT2D eigenvalue weighted by Gasteiger charge is -2.27. The summed E-state index contributed by atoms with van der Waals surface area (Å²) in [6.07, 6.45) is -2.29. The van der Waals surface area contributed by atoms with E-state index in [0.717, 1.165) is 39.9 Å². The molecule has 0 unspecified atom stereocenters. The minimum Gasteiger partial charge on any atom is -0.487 e. The zero-order valence-electron chi connectivity index (χ0n) is 20.2. The van der Waals surface area contributed by atoms with Gasteiger partial charge in [-0.05, 0) is 48.2 Å². The first-order chi connectivity index (χ1) is 17.3. The van der Waals surface area contributed by atoms with Crippen LogP contribution < -0.4 is 9.04 Å². The molecule has 0 saturated carbocycles. The number of benzene rings is 2. The highest BCUT2D eigenvalue weighted by molar-refractivity contribution is 7.94. The first-order valence-electron chi connectivity index (χ1n) is 11.1.